The normalized spacial score (nSPS) is 12.4. The van der Waals surface area contributed by atoms with Crippen LogP contribution >= 0.6 is 11.3 Å². The molecule has 0 saturated carbocycles. The van der Waals surface area contributed by atoms with Gasteiger partial charge in [-0.3, -0.25) is 0 Å². The highest BCUT2D eigenvalue weighted by Gasteiger charge is 2.35. The zero-order chi connectivity index (χ0) is 16.3. The maximum Gasteiger partial charge on any atom is 0.349 e. The van der Waals surface area contributed by atoms with E-state index in [9.17, 15) is 18.3 Å². The molecule has 0 radical (unpaired) electrons. The van der Waals surface area contributed by atoms with Gasteiger partial charge in [0.25, 0.3) is 0 Å². The van der Waals surface area contributed by atoms with Crippen LogP contribution in [0.5, 0.6) is 0 Å². The van der Waals surface area contributed by atoms with E-state index in [0.29, 0.717) is 18.4 Å². The first-order chi connectivity index (χ1) is 9.76. The minimum atomic E-state index is -3.93. The number of esters is 1. The van der Waals surface area contributed by atoms with Gasteiger partial charge in [-0.25, -0.2) is 17.9 Å². The van der Waals surface area contributed by atoms with E-state index in [0.717, 1.165) is 11.3 Å². The molecule has 6 nitrogen and oxygen atoms in total. The predicted molar refractivity (Wildman–Crippen MR) is 81.1 cm³/mol. The van der Waals surface area contributed by atoms with Gasteiger partial charge in [0.2, 0.25) is 10.0 Å². The summed E-state index contributed by atoms with van der Waals surface area (Å²) in [4.78, 5) is 11.7. The SMILES string of the molecule is CCC(CC)(CO)NS(=O)(=O)c1c(C)csc1C(=O)OC. The fourth-order valence-corrected chi connectivity index (χ4v) is 5.23. The van der Waals surface area contributed by atoms with E-state index in [2.05, 4.69) is 9.46 Å². The molecule has 0 unspecified atom stereocenters. The molecule has 1 aromatic heterocycles. The van der Waals surface area contributed by atoms with Crippen molar-refractivity contribution in [2.45, 2.75) is 44.0 Å². The lowest BCUT2D eigenvalue weighted by Gasteiger charge is -2.30. The third kappa shape index (κ3) is 3.63. The van der Waals surface area contributed by atoms with Gasteiger partial charge in [0, 0.05) is 0 Å². The molecule has 0 spiro atoms. The zero-order valence-electron chi connectivity index (χ0n) is 12.6. The molecule has 1 aromatic rings. The molecule has 0 aliphatic heterocycles. The average Bonchev–Trinajstić information content (AvgIpc) is 2.86. The summed E-state index contributed by atoms with van der Waals surface area (Å²) in [7, 11) is -2.72. The molecule has 0 fully saturated rings. The number of aliphatic hydroxyl groups excluding tert-OH is 1. The van der Waals surface area contributed by atoms with Crippen LogP contribution in [0.3, 0.4) is 0 Å². The number of rotatable bonds is 7. The number of ether oxygens (including phenoxy) is 1. The van der Waals surface area contributed by atoms with Gasteiger partial charge < -0.3 is 9.84 Å². The second kappa shape index (κ2) is 6.87. The van der Waals surface area contributed by atoms with Crippen molar-refractivity contribution in [1.82, 2.24) is 4.72 Å². The third-order valence-corrected chi connectivity index (χ3v) is 6.54. The minimum Gasteiger partial charge on any atom is -0.465 e. The van der Waals surface area contributed by atoms with Gasteiger partial charge in [-0.15, -0.1) is 11.3 Å². The third-order valence-electron chi connectivity index (χ3n) is 3.56. The van der Waals surface area contributed by atoms with Crippen LogP contribution in [0, 0.1) is 6.92 Å². The van der Waals surface area contributed by atoms with Crippen LogP contribution in [0.1, 0.15) is 41.9 Å². The van der Waals surface area contributed by atoms with Gasteiger partial charge in [-0.05, 0) is 30.7 Å². The number of nitrogens with one attached hydrogen (secondary N) is 1. The number of carbonyl (C=O) groups excluding carboxylic acids is 1. The van der Waals surface area contributed by atoms with Gasteiger partial charge in [0.15, 0.2) is 0 Å². The summed E-state index contributed by atoms with van der Waals surface area (Å²) in [6.07, 6.45) is 0.881. The van der Waals surface area contributed by atoms with E-state index in [1.54, 1.807) is 26.2 Å². The van der Waals surface area contributed by atoms with Crippen molar-refractivity contribution in [1.29, 1.82) is 0 Å². The first kappa shape index (κ1) is 18.1. The zero-order valence-corrected chi connectivity index (χ0v) is 14.2. The van der Waals surface area contributed by atoms with E-state index >= 15 is 0 Å². The van der Waals surface area contributed by atoms with Crippen molar-refractivity contribution in [2.75, 3.05) is 13.7 Å². The van der Waals surface area contributed by atoms with Crippen LogP contribution < -0.4 is 4.72 Å². The van der Waals surface area contributed by atoms with Crippen molar-refractivity contribution < 1.29 is 23.1 Å². The van der Waals surface area contributed by atoms with Crippen molar-refractivity contribution in [2.24, 2.45) is 0 Å². The standard InChI is InChI=1S/C13H21NO5S2/c1-5-13(6-2,8-15)14-21(17,18)11-9(3)7-20-10(11)12(16)19-4/h7,14-15H,5-6,8H2,1-4H3. The summed E-state index contributed by atoms with van der Waals surface area (Å²) in [6.45, 7) is 4.90. The van der Waals surface area contributed by atoms with Crippen LogP contribution in [0.25, 0.3) is 0 Å². The molecule has 0 aliphatic rings. The minimum absolute atomic E-state index is 0.0431. The lowest BCUT2D eigenvalue weighted by Crippen LogP contribution is -2.50. The number of hydrogen-bond acceptors (Lipinski definition) is 6. The second-order valence-electron chi connectivity index (χ2n) is 4.82. The van der Waals surface area contributed by atoms with Crippen LogP contribution in [-0.4, -0.2) is 38.7 Å². The summed E-state index contributed by atoms with van der Waals surface area (Å²) < 4.78 is 32.4. The largest absolute Gasteiger partial charge is 0.465 e. The van der Waals surface area contributed by atoms with E-state index in [4.69, 9.17) is 0 Å². The van der Waals surface area contributed by atoms with E-state index in [1.807, 2.05) is 0 Å². The molecule has 0 bridgehead atoms. The molecule has 21 heavy (non-hydrogen) atoms. The summed E-state index contributed by atoms with van der Waals surface area (Å²) in [5.41, 5.74) is -0.451. The lowest BCUT2D eigenvalue weighted by molar-refractivity contribution is 0.0602. The molecular formula is C13H21NO5S2. The maximum absolute atomic E-state index is 12.6. The monoisotopic (exact) mass is 335 g/mol. The highest BCUT2D eigenvalue weighted by atomic mass is 32.2. The van der Waals surface area contributed by atoms with Crippen LogP contribution in [0.15, 0.2) is 10.3 Å². The summed E-state index contributed by atoms with van der Waals surface area (Å²) >= 11 is 1.03. The topological polar surface area (TPSA) is 92.7 Å². The molecule has 0 saturated heterocycles. The number of sulfonamides is 1. The Labute approximate surface area is 129 Å². The average molecular weight is 335 g/mol. The Morgan fingerprint density at radius 3 is 2.43 bits per heavy atom. The molecule has 0 amide bonds. The molecule has 1 rings (SSSR count). The van der Waals surface area contributed by atoms with Gasteiger partial charge >= 0.3 is 5.97 Å². The molecule has 8 heteroatoms. The predicted octanol–water partition coefficient (Wildman–Crippen LogP) is 1.67. The molecule has 0 aromatic carbocycles. The molecule has 0 atom stereocenters. The molecule has 1 heterocycles. The van der Waals surface area contributed by atoms with Crippen molar-refractivity contribution in [3.8, 4) is 0 Å². The quantitative estimate of drug-likeness (QED) is 0.740. The summed E-state index contributed by atoms with van der Waals surface area (Å²) in [5.74, 6) is -0.684. The number of methoxy groups -OCH3 is 1. The Bertz CT molecular complexity index is 594. The number of thiophene rings is 1. The number of carbonyl (C=O) groups is 1. The Morgan fingerprint density at radius 1 is 1.43 bits per heavy atom. The van der Waals surface area contributed by atoms with Crippen molar-refractivity contribution in [3.05, 3.63) is 15.8 Å². The number of hydrogen-bond donors (Lipinski definition) is 2. The summed E-state index contributed by atoms with van der Waals surface area (Å²) in [5, 5.41) is 11.1. The molecule has 120 valence electrons. The fourth-order valence-electron chi connectivity index (χ4n) is 1.99. The summed E-state index contributed by atoms with van der Waals surface area (Å²) in [6, 6.07) is 0. The molecule has 2 N–H and O–H groups in total. The van der Waals surface area contributed by atoms with Gasteiger partial charge in [-0.1, -0.05) is 13.8 Å². The van der Waals surface area contributed by atoms with Gasteiger partial charge in [-0.2, -0.15) is 0 Å². The Hall–Kier alpha value is -0.960. The Kier molecular flexibility index (Phi) is 5.92. The highest BCUT2D eigenvalue weighted by Crippen LogP contribution is 2.29. The van der Waals surface area contributed by atoms with E-state index < -0.39 is 21.5 Å². The fraction of sp³-hybridized carbons (Fsp3) is 0.615. The van der Waals surface area contributed by atoms with Crippen LogP contribution in [-0.2, 0) is 14.8 Å². The Balaban J connectivity index is 3.32. The second-order valence-corrected chi connectivity index (χ2v) is 7.32. The van der Waals surface area contributed by atoms with Crippen molar-refractivity contribution >= 4 is 27.3 Å². The number of aryl methyl sites for hydroxylation is 1. The molecular weight excluding hydrogens is 314 g/mol. The van der Waals surface area contributed by atoms with E-state index in [-0.39, 0.29) is 16.4 Å². The number of aliphatic hydroxyl groups is 1. The van der Waals surface area contributed by atoms with Crippen LogP contribution in [0.2, 0.25) is 0 Å². The van der Waals surface area contributed by atoms with E-state index in [1.165, 1.54) is 7.11 Å². The van der Waals surface area contributed by atoms with Crippen LogP contribution in [0.4, 0.5) is 0 Å². The van der Waals surface area contributed by atoms with Gasteiger partial charge in [0.1, 0.15) is 9.77 Å². The maximum atomic E-state index is 12.6. The molecule has 0 aliphatic carbocycles. The van der Waals surface area contributed by atoms with Gasteiger partial charge in [0.05, 0.1) is 19.3 Å². The lowest BCUT2D eigenvalue weighted by atomic mass is 9.96. The Morgan fingerprint density at radius 2 is 2.00 bits per heavy atom. The first-order valence-corrected chi connectivity index (χ1v) is 8.94. The van der Waals surface area contributed by atoms with Crippen molar-refractivity contribution in [3.63, 3.8) is 0 Å². The highest BCUT2D eigenvalue weighted by molar-refractivity contribution is 7.89. The smallest absolute Gasteiger partial charge is 0.349 e. The first-order valence-electron chi connectivity index (χ1n) is 6.58.